The highest BCUT2D eigenvalue weighted by molar-refractivity contribution is 7.89. The summed E-state index contributed by atoms with van der Waals surface area (Å²) in [5.74, 6) is 0.187. The fraction of sp³-hybridized carbons (Fsp3) is 0.286. The molecule has 0 unspecified atom stereocenters. The Morgan fingerprint density at radius 1 is 1.26 bits per heavy atom. The van der Waals surface area contributed by atoms with Crippen LogP contribution in [0.15, 0.2) is 29.2 Å². The SMILES string of the molecule is COc1ccc(NC(=O)CNS(=O)(=O)c2c(C)n[nH]c2C)cc1. The Hall–Kier alpha value is -2.39. The first-order valence-electron chi connectivity index (χ1n) is 6.78. The normalized spacial score (nSPS) is 11.3. The highest BCUT2D eigenvalue weighted by Crippen LogP contribution is 2.16. The number of aryl methyl sites for hydroxylation is 2. The number of sulfonamides is 1. The van der Waals surface area contributed by atoms with E-state index in [9.17, 15) is 13.2 Å². The van der Waals surface area contributed by atoms with Gasteiger partial charge in [-0.1, -0.05) is 0 Å². The fourth-order valence-electron chi connectivity index (χ4n) is 2.05. The molecule has 0 atom stereocenters. The molecular weight excluding hydrogens is 320 g/mol. The van der Waals surface area contributed by atoms with Crippen LogP contribution in [0.3, 0.4) is 0 Å². The van der Waals surface area contributed by atoms with Crippen molar-refractivity contribution in [3.05, 3.63) is 35.7 Å². The van der Waals surface area contributed by atoms with Crippen molar-refractivity contribution in [1.82, 2.24) is 14.9 Å². The molecule has 1 aromatic carbocycles. The van der Waals surface area contributed by atoms with Gasteiger partial charge in [-0.25, -0.2) is 13.1 Å². The van der Waals surface area contributed by atoms with Gasteiger partial charge in [0.2, 0.25) is 15.9 Å². The van der Waals surface area contributed by atoms with Gasteiger partial charge < -0.3 is 10.1 Å². The zero-order valence-electron chi connectivity index (χ0n) is 13.0. The second kappa shape index (κ2) is 6.80. The van der Waals surface area contributed by atoms with Crippen LogP contribution in [0.4, 0.5) is 5.69 Å². The van der Waals surface area contributed by atoms with E-state index in [0.29, 0.717) is 22.8 Å². The number of anilines is 1. The zero-order valence-corrected chi connectivity index (χ0v) is 13.8. The van der Waals surface area contributed by atoms with Gasteiger partial charge >= 0.3 is 0 Å². The van der Waals surface area contributed by atoms with Crippen LogP contribution in [-0.2, 0) is 14.8 Å². The third kappa shape index (κ3) is 4.08. The summed E-state index contributed by atoms with van der Waals surface area (Å²) in [6, 6.07) is 6.71. The molecule has 1 heterocycles. The zero-order chi connectivity index (χ0) is 17.0. The first-order valence-corrected chi connectivity index (χ1v) is 8.27. The molecular formula is C14H18N4O4S. The lowest BCUT2D eigenvalue weighted by Crippen LogP contribution is -2.33. The summed E-state index contributed by atoms with van der Waals surface area (Å²) in [6.07, 6.45) is 0. The molecule has 1 aromatic heterocycles. The Labute approximate surface area is 134 Å². The number of nitrogens with one attached hydrogen (secondary N) is 3. The van der Waals surface area contributed by atoms with Gasteiger partial charge in [-0.05, 0) is 38.1 Å². The summed E-state index contributed by atoms with van der Waals surface area (Å²) in [5, 5.41) is 9.03. The van der Waals surface area contributed by atoms with Crippen molar-refractivity contribution in [3.63, 3.8) is 0 Å². The molecule has 0 radical (unpaired) electrons. The Kier molecular flexibility index (Phi) is 5.02. The summed E-state index contributed by atoms with van der Waals surface area (Å²) in [5.41, 5.74) is 1.32. The number of methoxy groups -OCH3 is 1. The molecule has 3 N–H and O–H groups in total. The number of benzene rings is 1. The summed E-state index contributed by atoms with van der Waals surface area (Å²) >= 11 is 0. The molecule has 0 spiro atoms. The van der Waals surface area contributed by atoms with Crippen LogP contribution >= 0.6 is 0 Å². The minimum Gasteiger partial charge on any atom is -0.497 e. The lowest BCUT2D eigenvalue weighted by atomic mass is 10.3. The molecule has 8 nitrogen and oxygen atoms in total. The smallest absolute Gasteiger partial charge is 0.244 e. The predicted octanol–water partition coefficient (Wildman–Crippen LogP) is 0.952. The maximum Gasteiger partial charge on any atom is 0.244 e. The third-order valence-corrected chi connectivity index (χ3v) is 4.79. The van der Waals surface area contributed by atoms with Gasteiger partial charge in [-0.2, -0.15) is 5.10 Å². The lowest BCUT2D eigenvalue weighted by Gasteiger charge is -2.08. The van der Waals surface area contributed by atoms with Crippen LogP contribution in [-0.4, -0.2) is 38.2 Å². The van der Waals surface area contributed by atoms with E-state index >= 15 is 0 Å². The maximum atomic E-state index is 12.2. The number of aromatic amines is 1. The van der Waals surface area contributed by atoms with Gasteiger partial charge in [0.1, 0.15) is 10.6 Å². The van der Waals surface area contributed by atoms with Crippen molar-refractivity contribution < 1.29 is 17.9 Å². The van der Waals surface area contributed by atoms with E-state index in [1.165, 1.54) is 0 Å². The van der Waals surface area contributed by atoms with Crippen molar-refractivity contribution in [1.29, 1.82) is 0 Å². The summed E-state index contributed by atoms with van der Waals surface area (Å²) in [6.45, 7) is 2.81. The van der Waals surface area contributed by atoms with E-state index in [-0.39, 0.29) is 11.4 Å². The Balaban J connectivity index is 1.98. The number of hydrogen-bond donors (Lipinski definition) is 3. The van der Waals surface area contributed by atoms with Gasteiger partial charge in [0.05, 0.1) is 25.0 Å². The molecule has 0 aliphatic carbocycles. The fourth-order valence-corrected chi connectivity index (χ4v) is 3.40. The number of ether oxygens (including phenoxy) is 1. The average molecular weight is 338 g/mol. The molecule has 0 aliphatic rings. The quantitative estimate of drug-likeness (QED) is 0.726. The van der Waals surface area contributed by atoms with E-state index < -0.39 is 15.9 Å². The Morgan fingerprint density at radius 3 is 2.43 bits per heavy atom. The topological polar surface area (TPSA) is 113 Å². The van der Waals surface area contributed by atoms with Crippen LogP contribution in [0.25, 0.3) is 0 Å². The molecule has 2 rings (SSSR count). The highest BCUT2D eigenvalue weighted by Gasteiger charge is 2.22. The van der Waals surface area contributed by atoms with Crippen molar-refractivity contribution in [2.24, 2.45) is 0 Å². The maximum absolute atomic E-state index is 12.2. The van der Waals surface area contributed by atoms with Gasteiger partial charge in [-0.15, -0.1) is 0 Å². The van der Waals surface area contributed by atoms with Crippen LogP contribution in [0.1, 0.15) is 11.4 Å². The van der Waals surface area contributed by atoms with Crippen molar-refractivity contribution in [2.75, 3.05) is 19.0 Å². The van der Waals surface area contributed by atoms with Crippen LogP contribution < -0.4 is 14.8 Å². The van der Waals surface area contributed by atoms with Crippen molar-refractivity contribution >= 4 is 21.6 Å². The molecule has 0 bridgehead atoms. The molecule has 2 aromatic rings. The first-order chi connectivity index (χ1) is 10.8. The van der Waals surface area contributed by atoms with Crippen molar-refractivity contribution in [2.45, 2.75) is 18.7 Å². The summed E-state index contributed by atoms with van der Waals surface area (Å²) in [4.78, 5) is 11.9. The van der Waals surface area contributed by atoms with E-state index in [0.717, 1.165) is 0 Å². The lowest BCUT2D eigenvalue weighted by molar-refractivity contribution is -0.115. The molecule has 1 amide bonds. The highest BCUT2D eigenvalue weighted by atomic mass is 32.2. The van der Waals surface area contributed by atoms with Crippen LogP contribution in [0.5, 0.6) is 5.75 Å². The average Bonchev–Trinajstić information content (AvgIpc) is 2.86. The number of aromatic nitrogens is 2. The second-order valence-corrected chi connectivity index (χ2v) is 6.57. The summed E-state index contributed by atoms with van der Waals surface area (Å²) in [7, 11) is -2.26. The molecule has 124 valence electrons. The Morgan fingerprint density at radius 2 is 1.91 bits per heavy atom. The minimum absolute atomic E-state index is 0.0646. The monoisotopic (exact) mass is 338 g/mol. The second-order valence-electron chi connectivity index (χ2n) is 4.86. The van der Waals surface area contributed by atoms with E-state index in [4.69, 9.17) is 4.74 Å². The van der Waals surface area contributed by atoms with E-state index in [1.807, 2.05) is 0 Å². The number of hydrogen-bond acceptors (Lipinski definition) is 5. The number of amides is 1. The van der Waals surface area contributed by atoms with Gasteiger partial charge in [-0.3, -0.25) is 9.89 Å². The standard InChI is InChI=1S/C14H18N4O4S/c1-9-14(10(2)18-17-9)23(20,21)15-8-13(19)16-11-4-6-12(22-3)7-5-11/h4-7,15H,8H2,1-3H3,(H,16,19)(H,17,18). The molecule has 0 aliphatic heterocycles. The molecule has 23 heavy (non-hydrogen) atoms. The van der Waals surface area contributed by atoms with Crippen molar-refractivity contribution in [3.8, 4) is 5.75 Å². The Bertz CT molecular complexity index is 777. The number of rotatable bonds is 6. The molecule has 0 saturated carbocycles. The summed E-state index contributed by atoms with van der Waals surface area (Å²) < 4.78 is 31.7. The van der Waals surface area contributed by atoms with Crippen LogP contribution in [0, 0.1) is 13.8 Å². The predicted molar refractivity (Wildman–Crippen MR) is 84.9 cm³/mol. The number of H-pyrrole nitrogens is 1. The molecule has 0 saturated heterocycles. The van der Waals surface area contributed by atoms with E-state index in [2.05, 4.69) is 20.2 Å². The van der Waals surface area contributed by atoms with Crippen LogP contribution in [0.2, 0.25) is 0 Å². The minimum atomic E-state index is -3.80. The molecule has 9 heteroatoms. The first kappa shape index (κ1) is 17.0. The third-order valence-electron chi connectivity index (χ3n) is 3.13. The van der Waals surface area contributed by atoms with E-state index in [1.54, 1.807) is 45.2 Å². The number of carbonyl (C=O) groups excluding carboxylic acids is 1. The van der Waals surface area contributed by atoms with Gasteiger partial charge in [0.15, 0.2) is 0 Å². The van der Waals surface area contributed by atoms with Gasteiger partial charge in [0.25, 0.3) is 0 Å². The number of carbonyl (C=O) groups is 1. The van der Waals surface area contributed by atoms with Gasteiger partial charge in [0, 0.05) is 5.69 Å². The number of nitrogens with zero attached hydrogens (tertiary/aromatic N) is 1. The largest absolute Gasteiger partial charge is 0.497 e. The molecule has 0 fully saturated rings.